The molecule has 1 fully saturated rings. The number of H-pyrrole nitrogens is 1. The van der Waals surface area contributed by atoms with Gasteiger partial charge >= 0.3 is 0 Å². The SMILES string of the molecule is Oc1cc(F)c(C2c3[nH]c4ccccc4c3CCN2CC2(F)COC2)c(F)c1. The lowest BCUT2D eigenvalue weighted by Crippen LogP contribution is -2.55. The van der Waals surface area contributed by atoms with Crippen LogP contribution in [0.4, 0.5) is 13.2 Å². The van der Waals surface area contributed by atoms with Gasteiger partial charge in [-0.25, -0.2) is 13.2 Å². The van der Waals surface area contributed by atoms with Crippen LogP contribution in [0.25, 0.3) is 10.9 Å². The molecule has 0 radical (unpaired) electrons. The number of nitrogens with one attached hydrogen (secondary N) is 1. The molecule has 1 atom stereocenters. The maximum Gasteiger partial charge on any atom is 0.169 e. The summed E-state index contributed by atoms with van der Waals surface area (Å²) in [5.41, 5.74) is 0.822. The first-order valence-corrected chi connectivity index (χ1v) is 9.23. The molecule has 2 N–H and O–H groups in total. The monoisotopic (exact) mass is 388 g/mol. The fourth-order valence-electron chi connectivity index (χ4n) is 4.40. The summed E-state index contributed by atoms with van der Waals surface area (Å²) in [5, 5.41) is 10.6. The number of hydrogen-bond acceptors (Lipinski definition) is 3. The van der Waals surface area contributed by atoms with Gasteiger partial charge in [-0.1, -0.05) is 18.2 Å². The first kappa shape index (κ1) is 17.6. The first-order chi connectivity index (χ1) is 13.5. The van der Waals surface area contributed by atoms with Gasteiger partial charge in [0.2, 0.25) is 0 Å². The molecular formula is C21H19F3N2O2. The number of fused-ring (bicyclic) bond motifs is 3. The van der Waals surface area contributed by atoms with Crippen LogP contribution in [0.5, 0.6) is 5.75 Å². The van der Waals surface area contributed by atoms with Crippen LogP contribution < -0.4 is 0 Å². The zero-order valence-electron chi connectivity index (χ0n) is 15.0. The Kier molecular flexibility index (Phi) is 3.93. The maximum absolute atomic E-state index is 14.8. The Morgan fingerprint density at radius 3 is 2.57 bits per heavy atom. The quantitative estimate of drug-likeness (QED) is 0.717. The number of aromatic nitrogens is 1. The average Bonchev–Trinajstić information content (AvgIpc) is 3.00. The minimum absolute atomic E-state index is 0.0175. The molecule has 2 aromatic carbocycles. The van der Waals surface area contributed by atoms with Gasteiger partial charge in [0.1, 0.15) is 17.4 Å². The highest BCUT2D eigenvalue weighted by atomic mass is 19.1. The Hall–Kier alpha value is -2.51. The van der Waals surface area contributed by atoms with Crippen LogP contribution in [0.1, 0.15) is 22.9 Å². The van der Waals surface area contributed by atoms with Crippen LogP contribution in [0.3, 0.4) is 0 Å². The molecule has 2 aliphatic rings. The molecule has 3 heterocycles. The van der Waals surface area contributed by atoms with Gasteiger partial charge in [-0.2, -0.15) is 0 Å². The van der Waals surface area contributed by atoms with Crippen LogP contribution >= 0.6 is 0 Å². The summed E-state index contributed by atoms with van der Waals surface area (Å²) in [4.78, 5) is 5.06. The Balaban J connectivity index is 1.68. The number of rotatable bonds is 3. The topological polar surface area (TPSA) is 48.5 Å². The van der Waals surface area contributed by atoms with Crippen LogP contribution in [0, 0.1) is 11.6 Å². The number of nitrogens with zero attached hydrogens (tertiary/aromatic N) is 1. The van der Waals surface area contributed by atoms with Gasteiger partial charge in [0.25, 0.3) is 0 Å². The zero-order chi connectivity index (χ0) is 19.5. The van der Waals surface area contributed by atoms with E-state index < -0.39 is 29.1 Å². The number of ether oxygens (including phenoxy) is 1. The van der Waals surface area contributed by atoms with E-state index in [1.54, 1.807) is 4.90 Å². The molecule has 1 unspecified atom stereocenters. The van der Waals surface area contributed by atoms with Crippen LogP contribution in [-0.4, -0.2) is 47.0 Å². The van der Waals surface area contributed by atoms with Crippen molar-refractivity contribution in [2.24, 2.45) is 0 Å². The third-order valence-electron chi connectivity index (χ3n) is 5.68. The fraction of sp³-hybridized carbons (Fsp3) is 0.333. The molecule has 0 amide bonds. The van der Waals surface area contributed by atoms with E-state index in [1.807, 2.05) is 24.3 Å². The van der Waals surface area contributed by atoms with Gasteiger partial charge in [0.05, 0.1) is 19.3 Å². The minimum atomic E-state index is -1.52. The summed E-state index contributed by atoms with van der Waals surface area (Å²) in [6.07, 6.45) is 0.647. The van der Waals surface area contributed by atoms with E-state index in [-0.39, 0.29) is 25.3 Å². The van der Waals surface area contributed by atoms with Crippen molar-refractivity contribution in [3.8, 4) is 5.75 Å². The van der Waals surface area contributed by atoms with Crippen molar-refractivity contribution < 1.29 is 23.0 Å². The van der Waals surface area contributed by atoms with Gasteiger partial charge in [-0.3, -0.25) is 4.90 Å². The average molecular weight is 388 g/mol. The number of aromatic amines is 1. The zero-order valence-corrected chi connectivity index (χ0v) is 15.0. The summed E-state index contributed by atoms with van der Waals surface area (Å²) < 4.78 is 49.4. The Morgan fingerprint density at radius 1 is 1.18 bits per heavy atom. The molecule has 0 bridgehead atoms. The molecule has 28 heavy (non-hydrogen) atoms. The van der Waals surface area contributed by atoms with Crippen molar-refractivity contribution in [1.82, 2.24) is 9.88 Å². The molecule has 2 aliphatic heterocycles. The van der Waals surface area contributed by atoms with Gasteiger partial charge in [-0.05, 0) is 18.1 Å². The van der Waals surface area contributed by atoms with Crippen molar-refractivity contribution in [2.45, 2.75) is 18.1 Å². The van der Waals surface area contributed by atoms with E-state index in [0.29, 0.717) is 18.7 Å². The summed E-state index contributed by atoms with van der Waals surface area (Å²) in [5.74, 6) is -2.18. The highest BCUT2D eigenvalue weighted by Crippen LogP contribution is 2.42. The second-order valence-electron chi connectivity index (χ2n) is 7.65. The normalized spacial score (nSPS) is 21.5. The molecule has 0 saturated carbocycles. The number of halogens is 3. The third-order valence-corrected chi connectivity index (χ3v) is 5.68. The number of alkyl halides is 1. The molecule has 1 saturated heterocycles. The maximum atomic E-state index is 14.8. The summed E-state index contributed by atoms with van der Waals surface area (Å²) >= 11 is 0. The van der Waals surface area contributed by atoms with Gasteiger partial charge < -0.3 is 14.8 Å². The van der Waals surface area contributed by atoms with Crippen molar-refractivity contribution in [1.29, 1.82) is 0 Å². The van der Waals surface area contributed by atoms with Crippen molar-refractivity contribution in [3.63, 3.8) is 0 Å². The first-order valence-electron chi connectivity index (χ1n) is 9.23. The largest absolute Gasteiger partial charge is 0.508 e. The Morgan fingerprint density at radius 2 is 1.89 bits per heavy atom. The van der Waals surface area contributed by atoms with Crippen LogP contribution in [0.15, 0.2) is 36.4 Å². The number of hydrogen-bond donors (Lipinski definition) is 2. The number of phenols is 1. The van der Waals surface area contributed by atoms with Gasteiger partial charge in [-0.15, -0.1) is 0 Å². The minimum Gasteiger partial charge on any atom is -0.508 e. The standard InChI is InChI=1S/C21H19F3N2O2/c22-15-7-12(27)8-16(23)18(15)20-19-14(13-3-1-2-4-17(13)25-19)5-6-26(20)9-21(24)10-28-11-21/h1-4,7-8,20,25,27H,5-6,9-11H2. The molecule has 0 spiro atoms. The molecule has 146 valence electrons. The lowest BCUT2D eigenvalue weighted by Gasteiger charge is -2.43. The number of para-hydroxylation sites is 1. The van der Waals surface area contributed by atoms with E-state index in [2.05, 4.69) is 4.98 Å². The second kappa shape index (κ2) is 6.25. The summed E-state index contributed by atoms with van der Waals surface area (Å²) in [6.45, 7) is 0.448. The lowest BCUT2D eigenvalue weighted by molar-refractivity contribution is -0.144. The van der Waals surface area contributed by atoms with Crippen LogP contribution in [-0.2, 0) is 11.2 Å². The van der Waals surface area contributed by atoms with E-state index >= 15 is 0 Å². The molecule has 5 rings (SSSR count). The van der Waals surface area contributed by atoms with Crippen LogP contribution in [0.2, 0.25) is 0 Å². The second-order valence-corrected chi connectivity index (χ2v) is 7.65. The van der Waals surface area contributed by atoms with E-state index in [9.17, 15) is 18.3 Å². The summed E-state index contributed by atoms with van der Waals surface area (Å²) in [7, 11) is 0. The number of aromatic hydroxyl groups is 1. The predicted octanol–water partition coefficient (Wildman–Crippen LogP) is 3.84. The third kappa shape index (κ3) is 2.69. The predicted molar refractivity (Wildman–Crippen MR) is 98.1 cm³/mol. The van der Waals surface area contributed by atoms with Gasteiger partial charge in [0.15, 0.2) is 5.67 Å². The number of phenolic OH excluding ortho intramolecular Hbond substituents is 1. The smallest absolute Gasteiger partial charge is 0.169 e. The van der Waals surface area contributed by atoms with Crippen molar-refractivity contribution in [2.75, 3.05) is 26.3 Å². The highest BCUT2D eigenvalue weighted by Gasteiger charge is 2.44. The van der Waals surface area contributed by atoms with Crippen molar-refractivity contribution >= 4 is 10.9 Å². The molecule has 4 nitrogen and oxygen atoms in total. The number of benzene rings is 2. The van der Waals surface area contributed by atoms with Gasteiger partial charge in [0, 0.05) is 47.4 Å². The molecule has 3 aromatic rings. The molecule has 1 aromatic heterocycles. The van der Waals surface area contributed by atoms with E-state index in [1.165, 1.54) is 0 Å². The Labute approximate surface area is 159 Å². The summed E-state index contributed by atoms with van der Waals surface area (Å²) in [6, 6.07) is 8.66. The Bertz CT molecular complexity index is 1040. The van der Waals surface area contributed by atoms with E-state index in [0.717, 1.165) is 28.6 Å². The van der Waals surface area contributed by atoms with E-state index in [4.69, 9.17) is 4.74 Å². The highest BCUT2D eigenvalue weighted by molar-refractivity contribution is 5.85. The molecule has 0 aliphatic carbocycles. The molecule has 7 heteroatoms. The van der Waals surface area contributed by atoms with Crippen molar-refractivity contribution in [3.05, 3.63) is 64.9 Å². The fourth-order valence-corrected chi connectivity index (χ4v) is 4.40. The lowest BCUT2D eigenvalue weighted by atomic mass is 9.90. The molecular weight excluding hydrogens is 369 g/mol.